The van der Waals surface area contributed by atoms with Crippen molar-refractivity contribution in [3.8, 4) is 0 Å². The molecule has 1 aliphatic rings. The summed E-state index contributed by atoms with van der Waals surface area (Å²) in [7, 11) is 0. The third-order valence-corrected chi connectivity index (χ3v) is 3.49. The molecule has 2 atom stereocenters. The highest BCUT2D eigenvalue weighted by Gasteiger charge is 2.35. The van der Waals surface area contributed by atoms with E-state index < -0.39 is 5.97 Å². The molecule has 0 amide bonds. The minimum Gasteiger partial charge on any atom is -0.481 e. The first kappa shape index (κ1) is 12.1. The van der Waals surface area contributed by atoms with Crippen LogP contribution in [0.3, 0.4) is 0 Å². The normalized spacial score (nSPS) is 23.1. The number of rotatable bonds is 5. The summed E-state index contributed by atoms with van der Waals surface area (Å²) in [6.07, 6.45) is 2.77. The van der Waals surface area contributed by atoms with Crippen molar-refractivity contribution in [1.29, 1.82) is 0 Å². The van der Waals surface area contributed by atoms with Gasteiger partial charge >= 0.3 is 5.97 Å². The molecule has 0 saturated heterocycles. The van der Waals surface area contributed by atoms with Crippen LogP contribution in [0.15, 0.2) is 24.3 Å². The Morgan fingerprint density at radius 3 is 2.88 bits per heavy atom. The Bertz CT molecular complexity index is 403. The molecule has 2 N–H and O–H groups in total. The Kier molecular flexibility index (Phi) is 3.79. The maximum absolute atomic E-state index is 10.8. The third-order valence-electron chi connectivity index (χ3n) is 3.49. The molecule has 1 saturated carbocycles. The topological polar surface area (TPSA) is 49.3 Å². The van der Waals surface area contributed by atoms with Crippen LogP contribution in [0.25, 0.3) is 0 Å². The second-order valence-electron chi connectivity index (χ2n) is 4.82. The van der Waals surface area contributed by atoms with Crippen LogP contribution < -0.4 is 5.32 Å². The summed E-state index contributed by atoms with van der Waals surface area (Å²) in [4.78, 5) is 10.8. The maximum atomic E-state index is 10.8. The first-order chi connectivity index (χ1) is 8.16. The van der Waals surface area contributed by atoms with E-state index in [0.29, 0.717) is 0 Å². The Balaban J connectivity index is 1.75. The lowest BCUT2D eigenvalue weighted by atomic mass is 9.79. The van der Waals surface area contributed by atoms with Gasteiger partial charge in [0.2, 0.25) is 0 Å². The van der Waals surface area contributed by atoms with Crippen molar-refractivity contribution in [2.24, 2.45) is 5.92 Å². The number of hydrogen-bond acceptors (Lipinski definition) is 2. The van der Waals surface area contributed by atoms with Gasteiger partial charge in [-0.3, -0.25) is 4.79 Å². The fraction of sp³-hybridized carbons (Fsp3) is 0.500. The summed E-state index contributed by atoms with van der Waals surface area (Å²) in [5.41, 5.74) is 2.58. The second-order valence-corrected chi connectivity index (χ2v) is 4.82. The van der Waals surface area contributed by atoms with E-state index in [4.69, 9.17) is 5.11 Å². The Hall–Kier alpha value is -1.35. The molecule has 3 nitrogen and oxygen atoms in total. The average molecular weight is 233 g/mol. The van der Waals surface area contributed by atoms with Crippen LogP contribution in [0.2, 0.25) is 0 Å². The van der Waals surface area contributed by atoms with Crippen molar-refractivity contribution in [2.75, 3.05) is 6.54 Å². The Morgan fingerprint density at radius 2 is 2.29 bits per heavy atom. The number of carbonyl (C=O) groups is 1. The number of carboxylic acid groups (broad SMARTS) is 1. The smallest absolute Gasteiger partial charge is 0.308 e. The molecule has 17 heavy (non-hydrogen) atoms. The zero-order chi connectivity index (χ0) is 12.3. The number of benzene rings is 1. The molecule has 0 spiro atoms. The van der Waals surface area contributed by atoms with Gasteiger partial charge in [0.15, 0.2) is 0 Å². The minimum absolute atomic E-state index is 0.174. The van der Waals surface area contributed by atoms with Gasteiger partial charge in [-0.1, -0.05) is 29.8 Å². The molecule has 0 heterocycles. The number of nitrogens with one attached hydrogen (secondary N) is 1. The number of carboxylic acids is 1. The van der Waals surface area contributed by atoms with Gasteiger partial charge in [0.25, 0.3) is 0 Å². The molecule has 0 aromatic heterocycles. The molecule has 1 fully saturated rings. The largest absolute Gasteiger partial charge is 0.481 e. The van der Waals surface area contributed by atoms with Crippen molar-refractivity contribution in [2.45, 2.75) is 32.2 Å². The van der Waals surface area contributed by atoms with Crippen LogP contribution in [0, 0.1) is 12.8 Å². The highest BCUT2D eigenvalue weighted by Crippen LogP contribution is 2.27. The van der Waals surface area contributed by atoms with Crippen LogP contribution in [0.4, 0.5) is 0 Å². The number of hydrogen-bond donors (Lipinski definition) is 2. The molecule has 1 aliphatic carbocycles. The van der Waals surface area contributed by atoms with Crippen molar-refractivity contribution in [3.63, 3.8) is 0 Å². The van der Waals surface area contributed by atoms with Crippen LogP contribution >= 0.6 is 0 Å². The lowest BCUT2D eigenvalue weighted by Crippen LogP contribution is -2.48. The molecule has 0 aliphatic heterocycles. The van der Waals surface area contributed by atoms with E-state index in [0.717, 1.165) is 25.8 Å². The van der Waals surface area contributed by atoms with Gasteiger partial charge in [-0.15, -0.1) is 0 Å². The van der Waals surface area contributed by atoms with Crippen molar-refractivity contribution in [1.82, 2.24) is 5.32 Å². The molecule has 1 aromatic carbocycles. The van der Waals surface area contributed by atoms with E-state index in [1.54, 1.807) is 0 Å². The summed E-state index contributed by atoms with van der Waals surface area (Å²) in [5, 5.41) is 12.3. The minimum atomic E-state index is -0.663. The summed E-state index contributed by atoms with van der Waals surface area (Å²) in [5.74, 6) is -0.836. The van der Waals surface area contributed by atoms with Gasteiger partial charge < -0.3 is 10.4 Å². The molecular weight excluding hydrogens is 214 g/mol. The van der Waals surface area contributed by atoms with Crippen LogP contribution in [-0.4, -0.2) is 23.7 Å². The maximum Gasteiger partial charge on any atom is 0.308 e. The van der Waals surface area contributed by atoms with Gasteiger partial charge in [0.05, 0.1) is 5.92 Å². The zero-order valence-electron chi connectivity index (χ0n) is 10.1. The van der Waals surface area contributed by atoms with E-state index in [-0.39, 0.29) is 12.0 Å². The van der Waals surface area contributed by atoms with Gasteiger partial charge in [-0.25, -0.2) is 0 Å². The molecule has 2 unspecified atom stereocenters. The van der Waals surface area contributed by atoms with Gasteiger partial charge in [-0.2, -0.15) is 0 Å². The van der Waals surface area contributed by atoms with E-state index in [1.165, 1.54) is 11.1 Å². The quantitative estimate of drug-likeness (QED) is 0.817. The van der Waals surface area contributed by atoms with Crippen LogP contribution in [0.1, 0.15) is 24.0 Å². The highest BCUT2D eigenvalue weighted by atomic mass is 16.4. The molecule has 0 bridgehead atoms. The second kappa shape index (κ2) is 5.32. The van der Waals surface area contributed by atoms with Gasteiger partial charge in [0, 0.05) is 6.04 Å². The highest BCUT2D eigenvalue weighted by molar-refractivity contribution is 5.72. The van der Waals surface area contributed by atoms with Crippen molar-refractivity contribution < 1.29 is 9.90 Å². The summed E-state index contributed by atoms with van der Waals surface area (Å²) < 4.78 is 0. The Labute approximate surface area is 102 Å². The molecule has 0 radical (unpaired) electrons. The standard InChI is InChI=1S/C14H19NO2/c1-10-3-2-4-11(9-10)7-8-15-13-6-5-12(13)14(16)17/h2-4,9,12-13,15H,5-8H2,1H3,(H,16,17). The molecule has 1 aromatic rings. The summed E-state index contributed by atoms with van der Waals surface area (Å²) in [6, 6.07) is 8.62. The molecule has 2 rings (SSSR count). The fourth-order valence-corrected chi connectivity index (χ4v) is 2.31. The first-order valence-corrected chi connectivity index (χ1v) is 6.18. The molecular formula is C14H19NO2. The van der Waals surface area contributed by atoms with Gasteiger partial charge in [-0.05, 0) is 38.3 Å². The average Bonchev–Trinajstić information content (AvgIpc) is 2.22. The van der Waals surface area contributed by atoms with Crippen LogP contribution in [-0.2, 0) is 11.2 Å². The molecule has 92 valence electrons. The monoisotopic (exact) mass is 233 g/mol. The van der Waals surface area contributed by atoms with E-state index >= 15 is 0 Å². The predicted octanol–water partition coefficient (Wildman–Crippen LogP) is 1.99. The van der Waals surface area contributed by atoms with E-state index in [9.17, 15) is 4.79 Å². The SMILES string of the molecule is Cc1cccc(CCNC2CCC2C(=O)O)c1. The van der Waals surface area contributed by atoms with Crippen molar-refractivity contribution in [3.05, 3.63) is 35.4 Å². The molecule has 3 heteroatoms. The van der Waals surface area contributed by atoms with E-state index in [2.05, 4.69) is 36.5 Å². The number of aliphatic carboxylic acids is 1. The zero-order valence-corrected chi connectivity index (χ0v) is 10.1. The third kappa shape index (κ3) is 3.07. The van der Waals surface area contributed by atoms with Gasteiger partial charge in [0.1, 0.15) is 0 Å². The van der Waals surface area contributed by atoms with Crippen molar-refractivity contribution >= 4 is 5.97 Å². The first-order valence-electron chi connectivity index (χ1n) is 6.18. The summed E-state index contributed by atoms with van der Waals surface area (Å²) >= 11 is 0. The van der Waals surface area contributed by atoms with E-state index in [1.807, 2.05) is 0 Å². The summed E-state index contributed by atoms with van der Waals surface area (Å²) in [6.45, 7) is 2.95. The lowest BCUT2D eigenvalue weighted by Gasteiger charge is -2.34. The Morgan fingerprint density at radius 1 is 1.47 bits per heavy atom. The lowest BCUT2D eigenvalue weighted by molar-refractivity contribution is -0.146. The van der Waals surface area contributed by atoms with Crippen LogP contribution in [0.5, 0.6) is 0 Å². The number of aryl methyl sites for hydroxylation is 1. The predicted molar refractivity (Wildman–Crippen MR) is 67.0 cm³/mol. The fourth-order valence-electron chi connectivity index (χ4n) is 2.31.